The van der Waals surface area contributed by atoms with E-state index in [9.17, 15) is 0 Å². The maximum Gasteiger partial charge on any atom is 0.0439 e. The van der Waals surface area contributed by atoms with Crippen LogP contribution in [-0.4, -0.2) is 11.4 Å². The summed E-state index contributed by atoms with van der Waals surface area (Å²) in [5.41, 5.74) is 2.84. The molecule has 0 saturated carbocycles. The number of benzene rings is 1. The number of oxime groups is 1. The summed E-state index contributed by atoms with van der Waals surface area (Å²) in [6, 6.07) is 8.63. The molecule has 0 aliphatic carbocycles. The molecule has 0 unspecified atom stereocenters. The molecule has 0 spiro atoms. The van der Waals surface area contributed by atoms with Crippen LogP contribution in [0.4, 0.5) is 0 Å². The summed E-state index contributed by atoms with van der Waals surface area (Å²) in [5.74, 6) is 0. The van der Waals surface area contributed by atoms with Gasteiger partial charge in [-0.15, -0.1) is 5.16 Å². The summed E-state index contributed by atoms with van der Waals surface area (Å²) in [5, 5.41) is 11.2. The first-order valence-corrected chi connectivity index (χ1v) is 5.29. The van der Waals surface area contributed by atoms with Crippen LogP contribution in [0.2, 0.25) is 0 Å². The highest BCUT2D eigenvalue weighted by Crippen LogP contribution is 2.22. The number of hydrogen-bond donors (Lipinski definition) is 1. The third-order valence-corrected chi connectivity index (χ3v) is 2.46. The van der Waals surface area contributed by atoms with E-state index in [-0.39, 0.29) is 5.41 Å². The van der Waals surface area contributed by atoms with Crippen LogP contribution in [0, 0.1) is 0 Å². The third kappa shape index (κ3) is 3.74. The lowest BCUT2D eigenvalue weighted by molar-refractivity contribution is 0.320. The Morgan fingerprint density at radius 3 is 2.27 bits per heavy atom. The molecule has 0 aliphatic heterocycles. The van der Waals surface area contributed by atoms with Crippen LogP contribution in [0.5, 0.6) is 0 Å². The van der Waals surface area contributed by atoms with Gasteiger partial charge in [-0.25, -0.2) is 0 Å². The average molecular weight is 205 g/mol. The average Bonchev–Trinajstić information content (AvgIpc) is 2.18. The van der Waals surface area contributed by atoms with Crippen molar-refractivity contribution < 1.29 is 5.21 Å². The first-order chi connectivity index (χ1) is 7.04. The molecule has 0 bridgehead atoms. The first-order valence-electron chi connectivity index (χ1n) is 5.29. The van der Waals surface area contributed by atoms with Crippen LogP contribution in [0.3, 0.4) is 0 Å². The summed E-state index contributed by atoms with van der Waals surface area (Å²) in [6.07, 6.45) is 3.23. The molecular weight excluding hydrogens is 186 g/mol. The van der Waals surface area contributed by atoms with Crippen LogP contribution in [-0.2, 0) is 11.8 Å². The van der Waals surface area contributed by atoms with Gasteiger partial charge in [-0.1, -0.05) is 45.0 Å². The van der Waals surface area contributed by atoms with Gasteiger partial charge in [0.25, 0.3) is 0 Å². The number of nitrogens with zero attached hydrogens (tertiary/aromatic N) is 1. The highest BCUT2D eigenvalue weighted by Gasteiger charge is 2.12. The van der Waals surface area contributed by atoms with Gasteiger partial charge in [-0.3, -0.25) is 0 Å². The van der Waals surface area contributed by atoms with Gasteiger partial charge in [0.15, 0.2) is 0 Å². The maximum atomic E-state index is 8.26. The molecular formula is C13H19NO. The van der Waals surface area contributed by atoms with Crippen molar-refractivity contribution >= 4 is 6.21 Å². The van der Waals surface area contributed by atoms with E-state index in [0.29, 0.717) is 0 Å². The van der Waals surface area contributed by atoms with Gasteiger partial charge in [-0.2, -0.15) is 0 Å². The van der Waals surface area contributed by atoms with E-state index in [4.69, 9.17) is 5.21 Å². The monoisotopic (exact) mass is 205 g/mol. The first kappa shape index (κ1) is 11.8. The van der Waals surface area contributed by atoms with E-state index < -0.39 is 0 Å². The van der Waals surface area contributed by atoms with Crippen LogP contribution in [0.15, 0.2) is 29.4 Å². The topological polar surface area (TPSA) is 32.6 Å². The largest absolute Gasteiger partial charge is 0.411 e. The van der Waals surface area contributed by atoms with Gasteiger partial charge >= 0.3 is 0 Å². The SMILES string of the molecule is CC(C)(C)c1ccc(CC/C=N/O)cc1. The zero-order chi connectivity index (χ0) is 11.3. The van der Waals surface area contributed by atoms with Gasteiger partial charge in [0.1, 0.15) is 0 Å². The Hall–Kier alpha value is -1.31. The molecule has 2 heteroatoms. The van der Waals surface area contributed by atoms with E-state index in [2.05, 4.69) is 50.2 Å². The molecule has 0 aliphatic rings. The predicted octanol–water partition coefficient (Wildman–Crippen LogP) is 3.38. The van der Waals surface area contributed by atoms with E-state index in [1.807, 2.05) is 0 Å². The Balaban J connectivity index is 2.64. The van der Waals surface area contributed by atoms with E-state index in [1.54, 1.807) is 0 Å². The zero-order valence-corrected chi connectivity index (χ0v) is 9.70. The molecule has 82 valence electrons. The van der Waals surface area contributed by atoms with Crippen molar-refractivity contribution in [3.63, 3.8) is 0 Å². The Kier molecular flexibility index (Phi) is 3.89. The highest BCUT2D eigenvalue weighted by molar-refractivity contribution is 5.56. The Morgan fingerprint density at radius 2 is 1.80 bits per heavy atom. The summed E-state index contributed by atoms with van der Waals surface area (Å²) >= 11 is 0. The van der Waals surface area contributed by atoms with E-state index >= 15 is 0 Å². The fraction of sp³-hybridized carbons (Fsp3) is 0.462. The standard InChI is InChI=1S/C13H19NO/c1-13(2,3)12-8-6-11(7-9-12)5-4-10-14-15/h6-10,15H,4-5H2,1-3H3/b14-10+. The minimum absolute atomic E-state index is 0.213. The minimum Gasteiger partial charge on any atom is -0.411 e. The van der Waals surface area contributed by atoms with E-state index in [1.165, 1.54) is 17.3 Å². The van der Waals surface area contributed by atoms with Crippen LogP contribution in [0.25, 0.3) is 0 Å². The van der Waals surface area contributed by atoms with Crippen molar-refractivity contribution in [3.05, 3.63) is 35.4 Å². The minimum atomic E-state index is 0.213. The van der Waals surface area contributed by atoms with Gasteiger partial charge < -0.3 is 5.21 Å². The number of aryl methyl sites for hydroxylation is 1. The van der Waals surface area contributed by atoms with Crippen LogP contribution >= 0.6 is 0 Å². The van der Waals surface area contributed by atoms with Crippen molar-refractivity contribution in [3.8, 4) is 0 Å². The lowest BCUT2D eigenvalue weighted by Crippen LogP contribution is -2.10. The van der Waals surface area contributed by atoms with Gasteiger partial charge in [0.05, 0.1) is 0 Å². The van der Waals surface area contributed by atoms with Gasteiger partial charge in [-0.05, 0) is 29.4 Å². The Labute approximate surface area is 91.6 Å². The fourth-order valence-corrected chi connectivity index (χ4v) is 1.46. The third-order valence-electron chi connectivity index (χ3n) is 2.46. The number of hydrogen-bond acceptors (Lipinski definition) is 2. The van der Waals surface area contributed by atoms with Crippen LogP contribution in [0.1, 0.15) is 38.3 Å². The van der Waals surface area contributed by atoms with Gasteiger partial charge in [0.2, 0.25) is 0 Å². The summed E-state index contributed by atoms with van der Waals surface area (Å²) in [7, 11) is 0. The zero-order valence-electron chi connectivity index (χ0n) is 9.70. The second-order valence-corrected chi connectivity index (χ2v) is 4.78. The number of rotatable bonds is 3. The van der Waals surface area contributed by atoms with Crippen molar-refractivity contribution in [2.24, 2.45) is 5.16 Å². The Bertz CT molecular complexity index is 319. The molecule has 1 aromatic rings. The highest BCUT2D eigenvalue weighted by atomic mass is 16.4. The molecule has 1 rings (SSSR count). The second-order valence-electron chi connectivity index (χ2n) is 4.78. The van der Waals surface area contributed by atoms with Crippen molar-refractivity contribution in [1.29, 1.82) is 0 Å². The maximum absolute atomic E-state index is 8.26. The summed E-state index contributed by atoms with van der Waals surface area (Å²) in [4.78, 5) is 0. The van der Waals surface area contributed by atoms with Crippen molar-refractivity contribution in [2.45, 2.75) is 39.0 Å². The molecule has 0 radical (unpaired) electrons. The second kappa shape index (κ2) is 4.96. The molecule has 0 saturated heterocycles. The summed E-state index contributed by atoms with van der Waals surface area (Å²) in [6.45, 7) is 6.63. The molecule has 0 aromatic heterocycles. The summed E-state index contributed by atoms with van der Waals surface area (Å²) < 4.78 is 0. The van der Waals surface area contributed by atoms with Crippen LogP contribution < -0.4 is 0 Å². The predicted molar refractivity (Wildman–Crippen MR) is 63.7 cm³/mol. The molecule has 2 nitrogen and oxygen atoms in total. The quantitative estimate of drug-likeness (QED) is 0.458. The molecule has 0 heterocycles. The van der Waals surface area contributed by atoms with Crippen molar-refractivity contribution in [2.75, 3.05) is 0 Å². The normalized spacial score (nSPS) is 12.2. The van der Waals surface area contributed by atoms with E-state index in [0.717, 1.165) is 12.8 Å². The lowest BCUT2D eigenvalue weighted by atomic mass is 9.86. The lowest BCUT2D eigenvalue weighted by Gasteiger charge is -2.19. The molecule has 0 fully saturated rings. The van der Waals surface area contributed by atoms with Crippen molar-refractivity contribution in [1.82, 2.24) is 0 Å². The molecule has 0 atom stereocenters. The molecule has 0 amide bonds. The molecule has 15 heavy (non-hydrogen) atoms. The van der Waals surface area contributed by atoms with Gasteiger partial charge in [0, 0.05) is 6.21 Å². The molecule has 1 N–H and O–H groups in total. The smallest absolute Gasteiger partial charge is 0.0439 e. The fourth-order valence-electron chi connectivity index (χ4n) is 1.46. The molecule has 1 aromatic carbocycles. The Morgan fingerprint density at radius 1 is 1.20 bits per heavy atom.